The van der Waals surface area contributed by atoms with E-state index in [1.807, 2.05) is 12.1 Å². The Morgan fingerprint density at radius 3 is 2.56 bits per heavy atom. The van der Waals surface area contributed by atoms with Gasteiger partial charge in [-0.3, -0.25) is 0 Å². The van der Waals surface area contributed by atoms with E-state index in [1.54, 1.807) is 0 Å². The fourth-order valence-corrected chi connectivity index (χ4v) is 2.31. The quantitative estimate of drug-likeness (QED) is 0.804. The maximum Gasteiger partial charge on any atom is 0.0551 e. The molecule has 1 nitrogen and oxygen atoms in total. The molecule has 0 atom stereocenters. The van der Waals surface area contributed by atoms with Gasteiger partial charge in [-0.15, -0.1) is 0 Å². The Labute approximate surface area is 121 Å². The monoisotopic (exact) mass is 323 g/mol. The Morgan fingerprint density at radius 1 is 1.11 bits per heavy atom. The molecule has 2 aromatic carbocycles. The molecule has 94 valence electrons. The highest BCUT2D eigenvalue weighted by molar-refractivity contribution is 9.10. The fraction of sp³-hybridized carbons (Fsp3) is 0.200. The summed E-state index contributed by atoms with van der Waals surface area (Å²) in [5.41, 5.74) is 4.88. The minimum Gasteiger partial charge on any atom is -0.381 e. The first-order valence-electron chi connectivity index (χ1n) is 5.81. The molecule has 0 bridgehead atoms. The Hall–Kier alpha value is -0.990. The average Bonchev–Trinajstić information content (AvgIpc) is 2.32. The Bertz CT molecular complexity index is 566. The standard InChI is InChI=1S/C15H15BrClN/c1-10-3-6-15(11(2)7-10)18-9-12-4-5-13(16)14(17)8-12/h3-8,18H,9H2,1-2H3. The van der Waals surface area contributed by atoms with Crippen molar-refractivity contribution in [2.45, 2.75) is 20.4 Å². The Morgan fingerprint density at radius 2 is 1.89 bits per heavy atom. The zero-order chi connectivity index (χ0) is 13.1. The van der Waals surface area contributed by atoms with Crippen LogP contribution in [0.1, 0.15) is 16.7 Å². The molecule has 3 heteroatoms. The van der Waals surface area contributed by atoms with Crippen molar-refractivity contribution in [2.24, 2.45) is 0 Å². The summed E-state index contributed by atoms with van der Waals surface area (Å²) in [6.45, 7) is 4.99. The van der Waals surface area contributed by atoms with Crippen LogP contribution >= 0.6 is 27.5 Å². The summed E-state index contributed by atoms with van der Waals surface area (Å²) in [7, 11) is 0. The third-order valence-corrected chi connectivity index (χ3v) is 4.08. The summed E-state index contributed by atoms with van der Waals surface area (Å²) >= 11 is 9.47. The predicted octanol–water partition coefficient (Wildman–Crippen LogP) is 5.33. The molecule has 2 rings (SSSR count). The third-order valence-electron chi connectivity index (χ3n) is 2.85. The SMILES string of the molecule is Cc1ccc(NCc2ccc(Br)c(Cl)c2)c(C)c1. The first-order chi connectivity index (χ1) is 8.56. The van der Waals surface area contributed by atoms with Crippen LogP contribution in [0.3, 0.4) is 0 Å². The van der Waals surface area contributed by atoms with Gasteiger partial charge in [-0.05, 0) is 59.1 Å². The van der Waals surface area contributed by atoms with Crippen molar-refractivity contribution >= 4 is 33.2 Å². The van der Waals surface area contributed by atoms with Crippen LogP contribution < -0.4 is 5.32 Å². The van der Waals surface area contributed by atoms with Gasteiger partial charge in [0, 0.05) is 16.7 Å². The largest absolute Gasteiger partial charge is 0.381 e. The highest BCUT2D eigenvalue weighted by atomic mass is 79.9. The summed E-state index contributed by atoms with van der Waals surface area (Å²) < 4.78 is 0.930. The van der Waals surface area contributed by atoms with Crippen molar-refractivity contribution in [3.8, 4) is 0 Å². The lowest BCUT2D eigenvalue weighted by Crippen LogP contribution is -2.01. The van der Waals surface area contributed by atoms with E-state index in [0.717, 1.165) is 16.0 Å². The van der Waals surface area contributed by atoms with Crippen LogP contribution in [0.4, 0.5) is 5.69 Å². The van der Waals surface area contributed by atoms with Crippen molar-refractivity contribution in [2.75, 3.05) is 5.32 Å². The lowest BCUT2D eigenvalue weighted by Gasteiger charge is -2.11. The molecule has 0 spiro atoms. The zero-order valence-corrected chi connectivity index (χ0v) is 12.8. The number of benzene rings is 2. The summed E-state index contributed by atoms with van der Waals surface area (Å²) in [6, 6.07) is 12.4. The number of halogens is 2. The molecule has 2 aromatic rings. The van der Waals surface area contributed by atoms with Crippen LogP contribution in [0, 0.1) is 13.8 Å². The number of aryl methyl sites for hydroxylation is 2. The molecule has 0 aliphatic heterocycles. The predicted molar refractivity (Wildman–Crippen MR) is 82.4 cm³/mol. The van der Waals surface area contributed by atoms with Crippen LogP contribution in [0.2, 0.25) is 5.02 Å². The maximum absolute atomic E-state index is 6.07. The molecule has 1 N–H and O–H groups in total. The molecule has 0 aliphatic rings. The second kappa shape index (κ2) is 5.77. The van der Waals surface area contributed by atoms with Gasteiger partial charge >= 0.3 is 0 Å². The number of hydrogen-bond acceptors (Lipinski definition) is 1. The molecule has 0 aliphatic carbocycles. The maximum atomic E-state index is 6.07. The molecule has 0 amide bonds. The van der Waals surface area contributed by atoms with Gasteiger partial charge in [0.05, 0.1) is 5.02 Å². The van der Waals surface area contributed by atoms with Crippen LogP contribution in [-0.2, 0) is 6.54 Å². The van der Waals surface area contributed by atoms with Gasteiger partial charge < -0.3 is 5.32 Å². The molecule has 0 aromatic heterocycles. The first kappa shape index (κ1) is 13.4. The van der Waals surface area contributed by atoms with Crippen molar-refractivity contribution < 1.29 is 0 Å². The second-order valence-electron chi connectivity index (χ2n) is 4.42. The van der Waals surface area contributed by atoms with E-state index < -0.39 is 0 Å². The average molecular weight is 325 g/mol. The van der Waals surface area contributed by atoms with Gasteiger partial charge in [0.2, 0.25) is 0 Å². The van der Waals surface area contributed by atoms with Gasteiger partial charge in [-0.1, -0.05) is 35.4 Å². The summed E-state index contributed by atoms with van der Waals surface area (Å²) in [5, 5.41) is 4.17. The van der Waals surface area contributed by atoms with Crippen LogP contribution in [-0.4, -0.2) is 0 Å². The molecular formula is C15H15BrClN. The van der Waals surface area contributed by atoms with Crippen LogP contribution in [0.5, 0.6) is 0 Å². The second-order valence-corrected chi connectivity index (χ2v) is 5.68. The summed E-state index contributed by atoms with van der Waals surface area (Å²) in [6.07, 6.45) is 0. The summed E-state index contributed by atoms with van der Waals surface area (Å²) in [4.78, 5) is 0. The molecule has 0 saturated carbocycles. The van der Waals surface area contributed by atoms with Gasteiger partial charge in [0.15, 0.2) is 0 Å². The van der Waals surface area contributed by atoms with Gasteiger partial charge in [0.1, 0.15) is 0 Å². The Balaban J connectivity index is 2.09. The van der Waals surface area contributed by atoms with E-state index in [9.17, 15) is 0 Å². The van der Waals surface area contributed by atoms with Gasteiger partial charge in [0.25, 0.3) is 0 Å². The zero-order valence-electron chi connectivity index (χ0n) is 10.4. The normalized spacial score (nSPS) is 10.4. The lowest BCUT2D eigenvalue weighted by molar-refractivity contribution is 1.14. The topological polar surface area (TPSA) is 12.0 Å². The molecular weight excluding hydrogens is 310 g/mol. The molecule has 0 unspecified atom stereocenters. The van der Waals surface area contributed by atoms with Crippen molar-refractivity contribution in [3.05, 3.63) is 62.6 Å². The minimum absolute atomic E-state index is 0.745. The highest BCUT2D eigenvalue weighted by Gasteiger charge is 2.01. The van der Waals surface area contributed by atoms with Crippen LogP contribution in [0.25, 0.3) is 0 Å². The highest BCUT2D eigenvalue weighted by Crippen LogP contribution is 2.24. The van der Waals surface area contributed by atoms with E-state index in [2.05, 4.69) is 59.4 Å². The Kier molecular flexibility index (Phi) is 4.31. The van der Waals surface area contributed by atoms with Crippen molar-refractivity contribution in [1.82, 2.24) is 0 Å². The molecule has 0 saturated heterocycles. The number of hydrogen-bond donors (Lipinski definition) is 1. The molecule has 18 heavy (non-hydrogen) atoms. The smallest absolute Gasteiger partial charge is 0.0551 e. The molecule has 0 heterocycles. The van der Waals surface area contributed by atoms with E-state index in [0.29, 0.717) is 0 Å². The first-order valence-corrected chi connectivity index (χ1v) is 6.98. The van der Waals surface area contributed by atoms with E-state index in [4.69, 9.17) is 11.6 Å². The molecule has 0 fully saturated rings. The van der Waals surface area contributed by atoms with E-state index >= 15 is 0 Å². The van der Waals surface area contributed by atoms with Crippen molar-refractivity contribution in [1.29, 1.82) is 0 Å². The van der Waals surface area contributed by atoms with Gasteiger partial charge in [-0.2, -0.15) is 0 Å². The van der Waals surface area contributed by atoms with Crippen LogP contribution in [0.15, 0.2) is 40.9 Å². The van der Waals surface area contributed by atoms with E-state index in [-0.39, 0.29) is 0 Å². The number of nitrogens with one attached hydrogen (secondary N) is 1. The molecule has 0 radical (unpaired) electrons. The fourth-order valence-electron chi connectivity index (χ4n) is 1.86. The summed E-state index contributed by atoms with van der Waals surface area (Å²) in [5.74, 6) is 0. The third kappa shape index (κ3) is 3.27. The minimum atomic E-state index is 0.745. The van der Waals surface area contributed by atoms with E-state index in [1.165, 1.54) is 22.4 Å². The number of rotatable bonds is 3. The van der Waals surface area contributed by atoms with Gasteiger partial charge in [-0.25, -0.2) is 0 Å². The lowest BCUT2D eigenvalue weighted by atomic mass is 10.1. The van der Waals surface area contributed by atoms with Crippen molar-refractivity contribution in [3.63, 3.8) is 0 Å². The number of anilines is 1.